The predicted molar refractivity (Wildman–Crippen MR) is 76.9 cm³/mol. The maximum absolute atomic E-state index is 13.5. The van der Waals surface area contributed by atoms with Crippen LogP contribution < -0.4 is 5.32 Å². The molecule has 0 bridgehead atoms. The van der Waals surface area contributed by atoms with E-state index in [9.17, 15) is 4.39 Å². The van der Waals surface area contributed by atoms with Crippen LogP contribution in [0.4, 0.5) is 4.39 Å². The van der Waals surface area contributed by atoms with Crippen LogP contribution in [0.1, 0.15) is 18.4 Å². The van der Waals surface area contributed by atoms with E-state index in [-0.39, 0.29) is 12.4 Å². The van der Waals surface area contributed by atoms with E-state index in [0.29, 0.717) is 11.4 Å². The van der Waals surface area contributed by atoms with E-state index in [1.54, 1.807) is 18.2 Å². The Balaban J connectivity index is 1.61. The molecule has 3 rings (SSSR count). The quantitative estimate of drug-likeness (QED) is 0.914. The summed E-state index contributed by atoms with van der Waals surface area (Å²) in [4.78, 5) is 4.49. The number of ether oxygens (including phenoxy) is 1. The molecule has 0 amide bonds. The van der Waals surface area contributed by atoms with Crippen LogP contribution >= 0.6 is 0 Å². The first kappa shape index (κ1) is 13.1. The van der Waals surface area contributed by atoms with Crippen LogP contribution in [0.5, 0.6) is 0 Å². The summed E-state index contributed by atoms with van der Waals surface area (Å²) in [6, 6.07) is 6.65. The van der Waals surface area contributed by atoms with Gasteiger partial charge in [0, 0.05) is 18.5 Å². The minimum atomic E-state index is -0.239. The number of benzene rings is 1. The van der Waals surface area contributed by atoms with Crippen molar-refractivity contribution in [3.63, 3.8) is 0 Å². The molecule has 0 aromatic heterocycles. The van der Waals surface area contributed by atoms with Gasteiger partial charge in [0.15, 0.2) is 0 Å². The third-order valence-electron chi connectivity index (χ3n) is 3.48. The van der Waals surface area contributed by atoms with Crippen molar-refractivity contribution >= 4 is 5.71 Å². The molecule has 104 valence electrons. The van der Waals surface area contributed by atoms with E-state index in [4.69, 9.17) is 4.74 Å². The summed E-state index contributed by atoms with van der Waals surface area (Å²) < 4.78 is 19.1. The van der Waals surface area contributed by atoms with E-state index in [1.165, 1.54) is 11.6 Å². The van der Waals surface area contributed by atoms with Gasteiger partial charge in [-0.15, -0.1) is 0 Å². The molecule has 0 spiro atoms. The Morgan fingerprint density at radius 3 is 2.95 bits per heavy atom. The van der Waals surface area contributed by atoms with Crippen molar-refractivity contribution in [2.75, 3.05) is 13.1 Å². The van der Waals surface area contributed by atoms with Gasteiger partial charge in [0.2, 0.25) is 5.88 Å². The van der Waals surface area contributed by atoms with Gasteiger partial charge in [-0.2, -0.15) is 0 Å². The summed E-state index contributed by atoms with van der Waals surface area (Å²) in [6.07, 6.45) is 5.95. The molecule has 0 unspecified atom stereocenters. The molecule has 0 saturated heterocycles. The van der Waals surface area contributed by atoms with Gasteiger partial charge in [0.25, 0.3) is 0 Å². The fraction of sp³-hybridized carbons (Fsp3) is 0.312. The number of nitrogens with one attached hydrogen (secondary N) is 1. The molecule has 1 N–H and O–H groups in total. The predicted octanol–water partition coefficient (Wildman–Crippen LogP) is 2.95. The summed E-state index contributed by atoms with van der Waals surface area (Å²) >= 11 is 0. The summed E-state index contributed by atoms with van der Waals surface area (Å²) in [5, 5.41) is 3.28. The average molecular weight is 272 g/mol. The third kappa shape index (κ3) is 2.96. The molecule has 2 heterocycles. The number of nitrogens with zero attached hydrogens (tertiary/aromatic N) is 1. The molecule has 3 nitrogen and oxygen atoms in total. The molecular weight excluding hydrogens is 255 g/mol. The van der Waals surface area contributed by atoms with E-state index >= 15 is 0 Å². The van der Waals surface area contributed by atoms with E-state index in [1.807, 2.05) is 6.08 Å². The Hall–Kier alpha value is -1.94. The molecule has 0 fully saturated rings. The molecule has 4 heteroatoms. The smallest absolute Gasteiger partial charge is 0.210 e. The Morgan fingerprint density at radius 1 is 1.25 bits per heavy atom. The molecule has 2 aliphatic heterocycles. The zero-order valence-electron chi connectivity index (χ0n) is 11.2. The first-order valence-corrected chi connectivity index (χ1v) is 6.87. The van der Waals surface area contributed by atoms with Gasteiger partial charge in [-0.25, -0.2) is 9.38 Å². The minimum absolute atomic E-state index is 0.218. The van der Waals surface area contributed by atoms with Gasteiger partial charge in [-0.1, -0.05) is 24.3 Å². The van der Waals surface area contributed by atoms with E-state index in [0.717, 1.165) is 31.6 Å². The molecule has 20 heavy (non-hydrogen) atoms. The van der Waals surface area contributed by atoms with Crippen LogP contribution in [0.15, 0.2) is 52.9 Å². The van der Waals surface area contributed by atoms with Gasteiger partial charge in [-0.05, 0) is 30.7 Å². The van der Waals surface area contributed by atoms with E-state index in [2.05, 4.69) is 16.4 Å². The Labute approximate surface area is 117 Å². The van der Waals surface area contributed by atoms with Crippen LogP contribution in [-0.2, 0) is 11.3 Å². The fourth-order valence-electron chi connectivity index (χ4n) is 2.35. The SMILES string of the molecule is Fc1ccccc1COC1=CCC(C2=CCNCC2)=N1. The van der Waals surface area contributed by atoms with Crippen LogP contribution in [0.25, 0.3) is 0 Å². The Kier molecular flexibility index (Phi) is 3.92. The van der Waals surface area contributed by atoms with E-state index < -0.39 is 0 Å². The second-order valence-electron chi connectivity index (χ2n) is 4.87. The Morgan fingerprint density at radius 2 is 2.15 bits per heavy atom. The lowest BCUT2D eigenvalue weighted by molar-refractivity contribution is 0.194. The topological polar surface area (TPSA) is 33.6 Å². The van der Waals surface area contributed by atoms with Gasteiger partial charge >= 0.3 is 0 Å². The molecule has 1 aromatic rings. The molecule has 1 aromatic carbocycles. The molecule has 0 radical (unpaired) electrons. The standard InChI is InChI=1S/C16H17FN2O/c17-14-4-2-1-3-13(14)11-20-16-6-5-15(19-16)12-7-9-18-10-8-12/h1-4,6-7,18H,5,8-11H2. The minimum Gasteiger partial charge on any atom is -0.473 e. The highest BCUT2D eigenvalue weighted by Crippen LogP contribution is 2.21. The normalized spacial score (nSPS) is 18.4. The van der Waals surface area contributed by atoms with Gasteiger partial charge in [-0.3, -0.25) is 0 Å². The first-order chi connectivity index (χ1) is 9.83. The Bertz CT molecular complexity index is 590. The molecule has 0 atom stereocenters. The first-order valence-electron chi connectivity index (χ1n) is 6.87. The van der Waals surface area contributed by atoms with Crippen molar-refractivity contribution in [1.29, 1.82) is 0 Å². The lowest BCUT2D eigenvalue weighted by Crippen LogP contribution is -2.22. The highest BCUT2D eigenvalue weighted by molar-refractivity contribution is 6.03. The van der Waals surface area contributed by atoms with Crippen molar-refractivity contribution in [3.05, 3.63) is 59.3 Å². The lowest BCUT2D eigenvalue weighted by atomic mass is 10.0. The summed E-state index contributed by atoms with van der Waals surface area (Å²) in [6.45, 7) is 2.12. The monoisotopic (exact) mass is 272 g/mol. The lowest BCUT2D eigenvalue weighted by Gasteiger charge is -2.13. The average Bonchev–Trinajstić information content (AvgIpc) is 2.96. The zero-order chi connectivity index (χ0) is 13.8. The van der Waals surface area contributed by atoms with Gasteiger partial charge in [0.05, 0.1) is 5.71 Å². The number of aliphatic imine (C=N–C) groups is 1. The second-order valence-corrected chi connectivity index (χ2v) is 4.87. The number of allylic oxidation sites excluding steroid dienone is 1. The third-order valence-corrected chi connectivity index (χ3v) is 3.48. The number of halogens is 1. The largest absolute Gasteiger partial charge is 0.473 e. The highest BCUT2D eigenvalue weighted by atomic mass is 19.1. The maximum Gasteiger partial charge on any atom is 0.210 e. The van der Waals surface area contributed by atoms with Gasteiger partial charge < -0.3 is 10.1 Å². The van der Waals surface area contributed by atoms with Crippen molar-refractivity contribution in [2.45, 2.75) is 19.4 Å². The maximum atomic E-state index is 13.5. The summed E-state index contributed by atoms with van der Waals surface area (Å²) in [5.74, 6) is 0.360. The van der Waals surface area contributed by atoms with Crippen molar-refractivity contribution < 1.29 is 9.13 Å². The van der Waals surface area contributed by atoms with Crippen molar-refractivity contribution in [3.8, 4) is 0 Å². The number of rotatable bonds is 4. The highest BCUT2D eigenvalue weighted by Gasteiger charge is 2.15. The molecule has 2 aliphatic rings. The van der Waals surface area contributed by atoms with Gasteiger partial charge in [0.1, 0.15) is 12.4 Å². The number of hydrogen-bond acceptors (Lipinski definition) is 3. The molecule has 0 aliphatic carbocycles. The fourth-order valence-corrected chi connectivity index (χ4v) is 2.35. The summed E-state index contributed by atoms with van der Waals surface area (Å²) in [5.41, 5.74) is 2.93. The molecule has 0 saturated carbocycles. The second kappa shape index (κ2) is 6.01. The van der Waals surface area contributed by atoms with Crippen LogP contribution in [-0.4, -0.2) is 18.8 Å². The van der Waals surface area contributed by atoms with Crippen LogP contribution in [0, 0.1) is 5.82 Å². The molecular formula is C16H17FN2O. The number of hydrogen-bond donors (Lipinski definition) is 1. The summed E-state index contributed by atoms with van der Waals surface area (Å²) in [7, 11) is 0. The van der Waals surface area contributed by atoms with Crippen molar-refractivity contribution in [1.82, 2.24) is 5.32 Å². The van der Waals surface area contributed by atoms with Crippen LogP contribution in [0.3, 0.4) is 0 Å². The van der Waals surface area contributed by atoms with Crippen LogP contribution in [0.2, 0.25) is 0 Å². The zero-order valence-corrected chi connectivity index (χ0v) is 11.2. The van der Waals surface area contributed by atoms with Crippen molar-refractivity contribution in [2.24, 2.45) is 4.99 Å².